The van der Waals surface area contributed by atoms with Gasteiger partial charge in [-0.25, -0.2) is 14.6 Å². The number of aromatic carboxylic acids is 1. The molecule has 5 aromatic rings. The van der Waals surface area contributed by atoms with Crippen LogP contribution in [-0.4, -0.2) is 28.2 Å². The van der Waals surface area contributed by atoms with Gasteiger partial charge in [0.2, 0.25) is 0 Å². The number of allylic oxidation sites excluding steroid dienone is 1. The van der Waals surface area contributed by atoms with Crippen LogP contribution in [0.2, 0.25) is 0 Å². The third kappa shape index (κ3) is 4.60. The molecule has 6 rings (SSSR count). The second-order valence-electron chi connectivity index (χ2n) is 9.42. The van der Waals surface area contributed by atoms with Gasteiger partial charge in [0.1, 0.15) is 11.5 Å². The predicted octanol–water partition coefficient (Wildman–Crippen LogP) is 4.91. The lowest BCUT2D eigenvalue weighted by atomic mass is 9.91. The average molecular weight is 565 g/mol. The van der Waals surface area contributed by atoms with Crippen LogP contribution in [-0.2, 0) is 9.53 Å². The lowest BCUT2D eigenvalue weighted by Gasteiger charge is -2.25. The van der Waals surface area contributed by atoms with Crippen molar-refractivity contribution in [2.45, 2.75) is 19.9 Å². The highest BCUT2D eigenvalue weighted by Gasteiger charge is 2.34. The van der Waals surface area contributed by atoms with Gasteiger partial charge in [-0.2, -0.15) is 0 Å². The van der Waals surface area contributed by atoms with E-state index in [1.54, 1.807) is 54.8 Å². The minimum absolute atomic E-state index is 0.116. The first-order chi connectivity index (χ1) is 19.9. The highest BCUT2D eigenvalue weighted by atomic mass is 32.1. The van der Waals surface area contributed by atoms with Gasteiger partial charge >= 0.3 is 11.9 Å². The van der Waals surface area contributed by atoms with Crippen LogP contribution < -0.4 is 14.9 Å². The van der Waals surface area contributed by atoms with E-state index >= 15 is 0 Å². The van der Waals surface area contributed by atoms with Gasteiger partial charge in [-0.05, 0) is 48.4 Å². The summed E-state index contributed by atoms with van der Waals surface area (Å²) in [5.41, 5.74) is 1.81. The molecule has 1 aliphatic heterocycles. The summed E-state index contributed by atoms with van der Waals surface area (Å²) in [6.45, 7) is 3.68. The SMILES string of the molecule is CCOC(=O)C1=C(C)N=c2s/c(=C/c3ccc(-c4ccccc4C(=O)O)o3)c(=O)n2[C@H]1c1cccc2ccccc12. The van der Waals surface area contributed by atoms with Gasteiger partial charge < -0.3 is 14.3 Å². The van der Waals surface area contributed by atoms with Gasteiger partial charge in [0.05, 0.1) is 34.0 Å². The first kappa shape index (κ1) is 26.2. The van der Waals surface area contributed by atoms with Crippen molar-refractivity contribution in [1.82, 2.24) is 4.57 Å². The van der Waals surface area contributed by atoms with Crippen molar-refractivity contribution in [2.75, 3.05) is 6.61 Å². The van der Waals surface area contributed by atoms with Gasteiger partial charge in [0.15, 0.2) is 4.80 Å². The molecular formula is C32H24N2O6S. The number of furan rings is 1. The Morgan fingerprint density at radius 2 is 1.80 bits per heavy atom. The first-order valence-corrected chi connectivity index (χ1v) is 13.8. The Morgan fingerprint density at radius 3 is 2.61 bits per heavy atom. The molecule has 0 aliphatic carbocycles. The van der Waals surface area contributed by atoms with Crippen LogP contribution in [0.25, 0.3) is 28.2 Å². The molecule has 0 radical (unpaired) electrons. The van der Waals surface area contributed by atoms with E-state index in [1.165, 1.54) is 17.4 Å². The van der Waals surface area contributed by atoms with Crippen LogP contribution in [0.5, 0.6) is 0 Å². The number of thiazole rings is 1. The van der Waals surface area contributed by atoms with Crippen molar-refractivity contribution in [3.8, 4) is 11.3 Å². The normalized spacial score (nSPS) is 15.1. The molecule has 0 saturated carbocycles. The molecule has 0 spiro atoms. The maximum absolute atomic E-state index is 14.0. The van der Waals surface area contributed by atoms with E-state index in [0.717, 1.165) is 16.3 Å². The average Bonchev–Trinajstić information content (AvgIpc) is 3.56. The highest BCUT2D eigenvalue weighted by molar-refractivity contribution is 7.07. The van der Waals surface area contributed by atoms with E-state index < -0.39 is 18.0 Å². The smallest absolute Gasteiger partial charge is 0.338 e. The number of benzene rings is 3. The standard InChI is InChI=1S/C32H24N2O6S/c1-3-39-31(38)27-18(2)33-32-34(28(27)23-14-8-10-19-9-4-5-11-21(19)23)29(35)26(41-32)17-20-15-16-25(40-20)22-12-6-7-13-24(22)30(36)37/h4-17,28H,3H2,1-2H3,(H,36,37)/b26-17+/t28-/m0/s1. The third-order valence-corrected chi connectivity index (χ3v) is 7.94. The lowest BCUT2D eigenvalue weighted by Crippen LogP contribution is -2.40. The van der Waals surface area contributed by atoms with Gasteiger partial charge in [-0.3, -0.25) is 9.36 Å². The highest BCUT2D eigenvalue weighted by Crippen LogP contribution is 2.35. The molecule has 204 valence electrons. The van der Waals surface area contributed by atoms with Crippen molar-refractivity contribution in [3.63, 3.8) is 0 Å². The van der Waals surface area contributed by atoms with Gasteiger partial charge in [0, 0.05) is 11.6 Å². The van der Waals surface area contributed by atoms with Gasteiger partial charge in [-0.15, -0.1) is 0 Å². The minimum atomic E-state index is -1.06. The van der Waals surface area contributed by atoms with E-state index in [1.807, 2.05) is 42.5 Å². The second kappa shape index (κ2) is 10.5. The van der Waals surface area contributed by atoms with E-state index in [9.17, 15) is 19.5 Å². The number of aromatic nitrogens is 1. The topological polar surface area (TPSA) is 111 Å². The van der Waals surface area contributed by atoms with Crippen LogP contribution in [0.1, 0.15) is 41.6 Å². The summed E-state index contributed by atoms with van der Waals surface area (Å²) in [6, 6.07) is 22.8. The fourth-order valence-corrected chi connectivity index (χ4v) is 6.19. The molecule has 3 aromatic carbocycles. The molecule has 3 heterocycles. The lowest BCUT2D eigenvalue weighted by molar-refractivity contribution is -0.139. The van der Waals surface area contributed by atoms with Crippen molar-refractivity contribution in [1.29, 1.82) is 0 Å². The maximum Gasteiger partial charge on any atom is 0.338 e. The molecule has 0 bridgehead atoms. The fraction of sp³-hybridized carbons (Fsp3) is 0.125. The van der Waals surface area contributed by atoms with Crippen LogP contribution in [0, 0.1) is 0 Å². The zero-order valence-electron chi connectivity index (χ0n) is 22.2. The number of esters is 1. The Labute approximate surface area is 237 Å². The third-order valence-electron chi connectivity index (χ3n) is 6.96. The van der Waals surface area contributed by atoms with Crippen LogP contribution >= 0.6 is 11.3 Å². The van der Waals surface area contributed by atoms with Crippen molar-refractivity contribution >= 4 is 40.1 Å². The fourth-order valence-electron chi connectivity index (χ4n) is 5.16. The Kier molecular flexibility index (Phi) is 6.72. The zero-order valence-corrected chi connectivity index (χ0v) is 23.0. The number of rotatable bonds is 6. The Hall–Kier alpha value is -5.02. The van der Waals surface area contributed by atoms with Crippen molar-refractivity contribution in [2.24, 2.45) is 4.99 Å². The number of hydrogen-bond acceptors (Lipinski definition) is 7. The number of carbonyl (C=O) groups is 2. The summed E-state index contributed by atoms with van der Waals surface area (Å²) in [4.78, 5) is 44.0. The molecule has 0 fully saturated rings. The molecular weight excluding hydrogens is 540 g/mol. The largest absolute Gasteiger partial charge is 0.478 e. The Bertz CT molecular complexity index is 2060. The summed E-state index contributed by atoms with van der Waals surface area (Å²) in [5, 5.41) is 11.5. The van der Waals surface area contributed by atoms with Crippen molar-refractivity contribution in [3.05, 3.63) is 127 Å². The number of nitrogens with zero attached hydrogens (tertiary/aromatic N) is 2. The van der Waals surface area contributed by atoms with Crippen LogP contribution in [0.3, 0.4) is 0 Å². The van der Waals surface area contributed by atoms with E-state index in [2.05, 4.69) is 4.99 Å². The van der Waals surface area contributed by atoms with Crippen LogP contribution in [0.15, 0.2) is 104 Å². The van der Waals surface area contributed by atoms with Crippen molar-refractivity contribution < 1.29 is 23.8 Å². The number of carboxylic acids is 1. The predicted molar refractivity (Wildman–Crippen MR) is 155 cm³/mol. The first-order valence-electron chi connectivity index (χ1n) is 13.0. The summed E-state index contributed by atoms with van der Waals surface area (Å²) in [6.07, 6.45) is 1.61. The molecule has 0 saturated heterocycles. The zero-order chi connectivity index (χ0) is 28.7. The number of carbonyl (C=O) groups excluding carboxylic acids is 1. The van der Waals surface area contributed by atoms with Gasteiger partial charge in [-0.1, -0.05) is 72.0 Å². The molecule has 1 aliphatic rings. The van der Waals surface area contributed by atoms with E-state index in [-0.39, 0.29) is 17.7 Å². The second-order valence-corrected chi connectivity index (χ2v) is 10.4. The number of hydrogen-bond donors (Lipinski definition) is 1. The number of carboxylic acid groups (broad SMARTS) is 1. The number of ether oxygens (including phenoxy) is 1. The molecule has 2 aromatic heterocycles. The Morgan fingerprint density at radius 1 is 1.05 bits per heavy atom. The number of fused-ring (bicyclic) bond motifs is 2. The van der Waals surface area contributed by atoms with Crippen LogP contribution in [0.4, 0.5) is 0 Å². The quantitative estimate of drug-likeness (QED) is 0.294. The molecule has 8 nitrogen and oxygen atoms in total. The van der Waals surface area contributed by atoms with E-state index in [0.29, 0.717) is 37.7 Å². The molecule has 0 unspecified atom stereocenters. The van der Waals surface area contributed by atoms with Gasteiger partial charge in [0.25, 0.3) is 5.56 Å². The summed E-state index contributed by atoms with van der Waals surface area (Å²) >= 11 is 1.19. The maximum atomic E-state index is 14.0. The summed E-state index contributed by atoms with van der Waals surface area (Å²) < 4.78 is 13.3. The monoisotopic (exact) mass is 564 g/mol. The molecule has 9 heteroatoms. The molecule has 1 N–H and O–H groups in total. The summed E-state index contributed by atoms with van der Waals surface area (Å²) in [7, 11) is 0. The molecule has 0 amide bonds. The molecule has 41 heavy (non-hydrogen) atoms. The molecule has 1 atom stereocenters. The van der Waals surface area contributed by atoms with E-state index in [4.69, 9.17) is 9.15 Å². The summed E-state index contributed by atoms with van der Waals surface area (Å²) in [5.74, 6) is -0.827. The Balaban J connectivity index is 1.53. The minimum Gasteiger partial charge on any atom is -0.478 e.